The molecule has 2 fully saturated rings. The lowest BCUT2D eigenvalue weighted by Gasteiger charge is -2.34. The van der Waals surface area contributed by atoms with E-state index in [9.17, 15) is 12.8 Å². The molecule has 0 spiro atoms. The summed E-state index contributed by atoms with van der Waals surface area (Å²) in [5, 5.41) is 8.58. The Labute approximate surface area is 191 Å². The van der Waals surface area contributed by atoms with Gasteiger partial charge in [0.25, 0.3) is 10.0 Å². The van der Waals surface area contributed by atoms with E-state index in [0.717, 1.165) is 67.8 Å². The maximum atomic E-state index is 14.5. The van der Waals surface area contributed by atoms with Gasteiger partial charge in [0.1, 0.15) is 10.7 Å². The fraction of sp³-hybridized carbons (Fsp3) is 0.550. The first kappa shape index (κ1) is 22.7. The second kappa shape index (κ2) is 9.99. The van der Waals surface area contributed by atoms with Crippen molar-refractivity contribution in [3.8, 4) is 0 Å². The number of halogens is 2. The highest BCUT2D eigenvalue weighted by Gasteiger charge is 2.32. The molecule has 2 aromatic rings. The van der Waals surface area contributed by atoms with Gasteiger partial charge in [0.2, 0.25) is 0 Å². The van der Waals surface area contributed by atoms with Crippen LogP contribution in [-0.4, -0.2) is 57.6 Å². The first-order chi connectivity index (χ1) is 14.9. The van der Waals surface area contributed by atoms with Crippen LogP contribution in [0, 0.1) is 17.7 Å². The number of rotatable bonds is 9. The maximum Gasteiger partial charge on any atom is 0.266 e. The molecule has 3 heterocycles. The Morgan fingerprint density at radius 3 is 2.94 bits per heavy atom. The van der Waals surface area contributed by atoms with Gasteiger partial charge in [-0.15, -0.1) is 11.3 Å². The van der Waals surface area contributed by atoms with Gasteiger partial charge in [-0.2, -0.15) is 0 Å². The third-order valence-corrected chi connectivity index (χ3v) is 8.45. The van der Waals surface area contributed by atoms with Gasteiger partial charge in [0, 0.05) is 24.7 Å². The number of nitrogens with one attached hydrogen (secondary N) is 3. The molecule has 0 bridgehead atoms. The zero-order valence-corrected chi connectivity index (χ0v) is 19.5. The zero-order valence-electron chi connectivity index (χ0n) is 17.1. The number of aromatic nitrogens is 1. The summed E-state index contributed by atoms with van der Waals surface area (Å²) in [7, 11) is -4.10. The topological polar surface area (TPSA) is 86.4 Å². The predicted molar refractivity (Wildman–Crippen MR) is 123 cm³/mol. The third kappa shape index (κ3) is 5.67. The first-order valence-corrected chi connectivity index (χ1v) is 13.2. The number of sulfonamides is 1. The quantitative estimate of drug-likeness (QED) is 0.469. The van der Waals surface area contributed by atoms with Crippen molar-refractivity contribution in [2.45, 2.75) is 24.2 Å². The normalized spacial score (nSPS) is 21.7. The largest absolute Gasteiger partial charge is 0.384 e. The van der Waals surface area contributed by atoms with E-state index in [1.54, 1.807) is 5.38 Å². The minimum atomic E-state index is -4.10. The Kier molecular flexibility index (Phi) is 7.33. The van der Waals surface area contributed by atoms with Crippen LogP contribution in [0.25, 0.3) is 0 Å². The van der Waals surface area contributed by atoms with Gasteiger partial charge in [0.15, 0.2) is 5.13 Å². The summed E-state index contributed by atoms with van der Waals surface area (Å²) in [6.07, 6.45) is 4.71. The molecule has 170 valence electrons. The Hall–Kier alpha value is -1.46. The SMILES string of the molecule is O=S(=O)(Nc1nccs1)c1cc(Cl)c(NCCCCN2CCC3CNCC3C2)cc1F. The van der Waals surface area contributed by atoms with Crippen molar-refractivity contribution in [1.82, 2.24) is 15.2 Å². The molecule has 3 N–H and O–H groups in total. The highest BCUT2D eigenvalue weighted by molar-refractivity contribution is 7.93. The highest BCUT2D eigenvalue weighted by Crippen LogP contribution is 2.30. The lowest BCUT2D eigenvalue weighted by molar-refractivity contribution is 0.147. The van der Waals surface area contributed by atoms with Crippen LogP contribution in [0.15, 0.2) is 28.6 Å². The fourth-order valence-corrected chi connectivity index (χ4v) is 6.48. The van der Waals surface area contributed by atoms with Crippen molar-refractivity contribution in [1.29, 1.82) is 0 Å². The van der Waals surface area contributed by atoms with Crippen molar-refractivity contribution in [3.05, 3.63) is 34.5 Å². The molecule has 11 heteroatoms. The molecule has 0 aliphatic carbocycles. The number of unbranched alkanes of at least 4 members (excludes halogenated alkanes) is 1. The summed E-state index contributed by atoms with van der Waals surface area (Å²) in [6, 6.07) is 2.27. The number of benzene rings is 1. The van der Waals surface area contributed by atoms with Crippen LogP contribution in [0.1, 0.15) is 19.3 Å². The highest BCUT2D eigenvalue weighted by atomic mass is 35.5. The van der Waals surface area contributed by atoms with Gasteiger partial charge in [0.05, 0.1) is 10.7 Å². The van der Waals surface area contributed by atoms with Crippen molar-refractivity contribution in [2.75, 3.05) is 49.3 Å². The smallest absolute Gasteiger partial charge is 0.266 e. The Morgan fingerprint density at radius 1 is 1.29 bits per heavy atom. The van der Waals surface area contributed by atoms with E-state index < -0.39 is 20.7 Å². The second-order valence-electron chi connectivity index (χ2n) is 8.11. The van der Waals surface area contributed by atoms with Crippen LogP contribution in [0.3, 0.4) is 0 Å². The van der Waals surface area contributed by atoms with Gasteiger partial charge in [-0.1, -0.05) is 11.6 Å². The average molecular weight is 488 g/mol. The van der Waals surface area contributed by atoms with Gasteiger partial charge in [-0.3, -0.25) is 4.72 Å². The van der Waals surface area contributed by atoms with Crippen molar-refractivity contribution in [2.24, 2.45) is 11.8 Å². The number of hydrogen-bond acceptors (Lipinski definition) is 7. The van der Waals surface area contributed by atoms with Gasteiger partial charge in [-0.05, 0) is 69.4 Å². The molecule has 2 aliphatic rings. The number of fused-ring (bicyclic) bond motifs is 1. The van der Waals surface area contributed by atoms with E-state index in [1.165, 1.54) is 25.7 Å². The van der Waals surface area contributed by atoms with Crippen molar-refractivity contribution >= 4 is 43.8 Å². The van der Waals surface area contributed by atoms with Crippen molar-refractivity contribution in [3.63, 3.8) is 0 Å². The van der Waals surface area contributed by atoms with Crippen molar-refractivity contribution < 1.29 is 12.8 Å². The summed E-state index contributed by atoms with van der Waals surface area (Å²) in [5.74, 6) is 0.774. The molecule has 0 amide bonds. The molecule has 1 aromatic carbocycles. The lowest BCUT2D eigenvalue weighted by atomic mass is 9.88. The fourth-order valence-electron chi connectivity index (χ4n) is 4.31. The zero-order chi connectivity index (χ0) is 21.8. The maximum absolute atomic E-state index is 14.5. The average Bonchev–Trinajstić information content (AvgIpc) is 3.40. The molecular weight excluding hydrogens is 461 g/mol. The van der Waals surface area contributed by atoms with E-state index in [2.05, 4.69) is 25.2 Å². The van der Waals surface area contributed by atoms with Crippen LogP contribution >= 0.6 is 22.9 Å². The molecule has 2 unspecified atom stereocenters. The molecule has 7 nitrogen and oxygen atoms in total. The van der Waals surface area contributed by atoms with Gasteiger partial charge < -0.3 is 15.5 Å². The Bertz CT molecular complexity index is 990. The summed E-state index contributed by atoms with van der Waals surface area (Å²) in [6.45, 7) is 6.35. The second-order valence-corrected chi connectivity index (χ2v) is 11.1. The van der Waals surface area contributed by atoms with E-state index in [-0.39, 0.29) is 10.2 Å². The molecule has 2 saturated heterocycles. The molecule has 31 heavy (non-hydrogen) atoms. The molecule has 2 aliphatic heterocycles. The van der Waals surface area contributed by atoms with E-state index in [4.69, 9.17) is 11.6 Å². The molecular formula is C20H27ClFN5O2S2. The number of piperidine rings is 1. The van der Waals surface area contributed by atoms with E-state index in [0.29, 0.717) is 12.2 Å². The lowest BCUT2D eigenvalue weighted by Crippen LogP contribution is -2.40. The molecule has 1 aromatic heterocycles. The molecule has 0 saturated carbocycles. The standard InChI is InChI=1S/C20H27ClFN5O2S2/c21-16-9-19(31(28,29)26-20-25-5-8-30-20)17(22)10-18(16)24-4-1-2-6-27-7-3-14-11-23-12-15(14)13-27/h5,8-10,14-15,23-24H,1-4,6-7,11-13H2,(H,25,26). The monoisotopic (exact) mass is 487 g/mol. The number of nitrogens with zero attached hydrogens (tertiary/aromatic N) is 2. The van der Waals surface area contributed by atoms with E-state index in [1.807, 2.05) is 0 Å². The number of thiazole rings is 1. The minimum Gasteiger partial charge on any atom is -0.384 e. The summed E-state index contributed by atoms with van der Waals surface area (Å²) in [5.41, 5.74) is 0.394. The van der Waals surface area contributed by atoms with Gasteiger partial charge in [-0.25, -0.2) is 17.8 Å². The minimum absolute atomic E-state index is 0.164. The number of hydrogen-bond donors (Lipinski definition) is 3. The van der Waals surface area contributed by atoms with Crippen LogP contribution in [0.5, 0.6) is 0 Å². The molecule has 4 rings (SSSR count). The van der Waals surface area contributed by atoms with Crippen LogP contribution in [0.4, 0.5) is 15.2 Å². The van der Waals surface area contributed by atoms with E-state index >= 15 is 0 Å². The molecule has 2 atom stereocenters. The molecule has 0 radical (unpaired) electrons. The summed E-state index contributed by atoms with van der Waals surface area (Å²) < 4.78 is 41.7. The number of likely N-dealkylation sites (tertiary alicyclic amines) is 1. The first-order valence-electron chi connectivity index (χ1n) is 10.5. The Morgan fingerprint density at radius 2 is 2.13 bits per heavy atom. The number of anilines is 2. The Balaban J connectivity index is 1.26. The van der Waals surface area contributed by atoms with Crippen LogP contribution < -0.4 is 15.4 Å². The van der Waals surface area contributed by atoms with Crippen LogP contribution in [-0.2, 0) is 10.0 Å². The van der Waals surface area contributed by atoms with Gasteiger partial charge >= 0.3 is 0 Å². The van der Waals surface area contributed by atoms with Crippen LogP contribution in [0.2, 0.25) is 5.02 Å². The summed E-state index contributed by atoms with van der Waals surface area (Å²) in [4.78, 5) is 5.90. The summed E-state index contributed by atoms with van der Waals surface area (Å²) >= 11 is 7.34. The third-order valence-electron chi connectivity index (χ3n) is 5.97. The predicted octanol–water partition coefficient (Wildman–Crippen LogP) is 3.47.